The minimum atomic E-state index is -0.592. The molecule has 0 unspecified atom stereocenters. The Bertz CT molecular complexity index is 1240. The molecule has 0 aromatic heterocycles. The Hall–Kier alpha value is -4.11. The Labute approximate surface area is 211 Å². The molecule has 3 aromatic rings. The highest BCUT2D eigenvalue weighted by Crippen LogP contribution is 2.29. The molecule has 35 heavy (non-hydrogen) atoms. The van der Waals surface area contributed by atoms with E-state index < -0.39 is 11.9 Å². The summed E-state index contributed by atoms with van der Waals surface area (Å²) in [7, 11) is 2.99. The molecule has 0 saturated carbocycles. The molecule has 3 aromatic carbocycles. The Morgan fingerprint density at radius 3 is 2.31 bits per heavy atom. The number of halogens is 1. The first-order chi connectivity index (χ1) is 16.9. The van der Waals surface area contributed by atoms with Crippen molar-refractivity contribution in [2.75, 3.05) is 20.8 Å². The average Bonchev–Trinajstić information content (AvgIpc) is 2.88. The van der Waals surface area contributed by atoms with Gasteiger partial charge in [-0.15, -0.1) is 0 Å². The summed E-state index contributed by atoms with van der Waals surface area (Å²) in [5.74, 6) is 0.786. The fourth-order valence-corrected chi connectivity index (χ4v) is 3.30. The van der Waals surface area contributed by atoms with Crippen LogP contribution in [-0.2, 0) is 0 Å². The number of benzene rings is 3. The number of rotatable bonds is 10. The predicted molar refractivity (Wildman–Crippen MR) is 136 cm³/mol. The van der Waals surface area contributed by atoms with Crippen molar-refractivity contribution in [1.82, 2.24) is 5.43 Å². The molecule has 0 aliphatic carbocycles. The maximum Gasteiger partial charge on any atom is 0.343 e. The summed E-state index contributed by atoms with van der Waals surface area (Å²) < 4.78 is 22.1. The van der Waals surface area contributed by atoms with Crippen LogP contribution in [0.15, 0.2) is 82.9 Å². The summed E-state index contributed by atoms with van der Waals surface area (Å²) in [6.45, 7) is 3.97. The lowest BCUT2D eigenvalue weighted by Gasteiger charge is -2.11. The topological polar surface area (TPSA) is 95.5 Å². The van der Waals surface area contributed by atoms with Crippen LogP contribution in [0.1, 0.15) is 26.3 Å². The Balaban J connectivity index is 1.70. The molecule has 0 bridgehead atoms. The lowest BCUT2D eigenvalue weighted by Crippen LogP contribution is -2.17. The monoisotopic (exact) mass is 538 g/mol. The van der Waals surface area contributed by atoms with E-state index in [-0.39, 0.29) is 11.3 Å². The predicted octanol–water partition coefficient (Wildman–Crippen LogP) is 5.01. The molecule has 0 heterocycles. The zero-order chi connectivity index (χ0) is 25.2. The van der Waals surface area contributed by atoms with Crippen LogP contribution in [0.25, 0.3) is 0 Å². The van der Waals surface area contributed by atoms with Gasteiger partial charge in [-0.3, -0.25) is 4.79 Å². The Morgan fingerprint density at radius 1 is 0.943 bits per heavy atom. The van der Waals surface area contributed by atoms with Crippen LogP contribution in [0.3, 0.4) is 0 Å². The highest BCUT2D eigenvalue weighted by molar-refractivity contribution is 9.10. The van der Waals surface area contributed by atoms with Crippen molar-refractivity contribution in [2.24, 2.45) is 5.10 Å². The van der Waals surface area contributed by atoms with Crippen LogP contribution in [0, 0.1) is 0 Å². The van der Waals surface area contributed by atoms with E-state index in [9.17, 15) is 9.59 Å². The van der Waals surface area contributed by atoms with Crippen LogP contribution in [0.2, 0.25) is 0 Å². The van der Waals surface area contributed by atoms with Crippen LogP contribution in [0.5, 0.6) is 23.0 Å². The van der Waals surface area contributed by atoms with E-state index in [1.807, 2.05) is 0 Å². The fraction of sp³-hybridized carbons (Fsp3) is 0.115. The number of amides is 1. The van der Waals surface area contributed by atoms with Gasteiger partial charge in [0.25, 0.3) is 5.91 Å². The Kier molecular flexibility index (Phi) is 9.02. The zero-order valence-corrected chi connectivity index (χ0v) is 20.7. The van der Waals surface area contributed by atoms with Gasteiger partial charge in [0.15, 0.2) is 11.5 Å². The number of hydrogen-bond acceptors (Lipinski definition) is 7. The van der Waals surface area contributed by atoms with E-state index in [1.54, 1.807) is 60.7 Å². The number of methoxy groups -OCH3 is 2. The molecule has 1 amide bonds. The second-order valence-corrected chi connectivity index (χ2v) is 7.88. The van der Waals surface area contributed by atoms with E-state index in [1.165, 1.54) is 26.5 Å². The van der Waals surface area contributed by atoms with E-state index in [4.69, 9.17) is 18.9 Å². The summed E-state index contributed by atoms with van der Waals surface area (Å²) in [6.07, 6.45) is 3.03. The van der Waals surface area contributed by atoms with Crippen LogP contribution >= 0.6 is 15.9 Å². The van der Waals surface area contributed by atoms with Gasteiger partial charge in [0.05, 0.1) is 26.0 Å². The minimum absolute atomic E-state index is 0.259. The van der Waals surface area contributed by atoms with E-state index in [2.05, 4.69) is 33.0 Å². The van der Waals surface area contributed by atoms with Crippen molar-refractivity contribution in [1.29, 1.82) is 0 Å². The number of nitrogens with zero attached hydrogens (tertiary/aromatic N) is 1. The molecular formula is C26H23BrN2O6. The number of hydrazone groups is 1. The highest BCUT2D eigenvalue weighted by atomic mass is 79.9. The lowest BCUT2D eigenvalue weighted by molar-refractivity contribution is 0.0733. The summed E-state index contributed by atoms with van der Waals surface area (Å²) in [4.78, 5) is 25.1. The Morgan fingerprint density at radius 2 is 1.63 bits per heavy atom. The first-order valence-electron chi connectivity index (χ1n) is 10.4. The van der Waals surface area contributed by atoms with Crippen LogP contribution in [-0.4, -0.2) is 38.9 Å². The lowest BCUT2D eigenvalue weighted by atomic mass is 10.2. The van der Waals surface area contributed by atoms with E-state index in [0.717, 1.165) is 4.47 Å². The second kappa shape index (κ2) is 12.4. The summed E-state index contributed by atoms with van der Waals surface area (Å²) in [6, 6.07) is 16.4. The quantitative estimate of drug-likeness (QED) is 0.128. The average molecular weight is 539 g/mol. The molecule has 3 rings (SSSR count). The van der Waals surface area contributed by atoms with Crippen molar-refractivity contribution < 1.29 is 28.5 Å². The summed E-state index contributed by atoms with van der Waals surface area (Å²) in [5, 5.41) is 4.00. The largest absolute Gasteiger partial charge is 0.493 e. The summed E-state index contributed by atoms with van der Waals surface area (Å²) >= 11 is 3.39. The maximum absolute atomic E-state index is 12.7. The molecule has 0 saturated heterocycles. The highest BCUT2D eigenvalue weighted by Gasteiger charge is 2.15. The maximum atomic E-state index is 12.7. The van der Waals surface area contributed by atoms with Gasteiger partial charge in [-0.1, -0.05) is 28.6 Å². The van der Waals surface area contributed by atoms with Gasteiger partial charge in [0.2, 0.25) is 0 Å². The molecule has 0 radical (unpaired) electrons. The molecule has 0 spiro atoms. The third-order valence-electron chi connectivity index (χ3n) is 4.65. The van der Waals surface area contributed by atoms with Crippen molar-refractivity contribution in [3.05, 3.63) is 94.5 Å². The van der Waals surface area contributed by atoms with Crippen molar-refractivity contribution in [3.63, 3.8) is 0 Å². The second-order valence-electron chi connectivity index (χ2n) is 6.96. The third kappa shape index (κ3) is 6.94. The molecule has 9 heteroatoms. The molecular weight excluding hydrogens is 516 g/mol. The zero-order valence-electron chi connectivity index (χ0n) is 19.1. The van der Waals surface area contributed by atoms with Gasteiger partial charge in [0.1, 0.15) is 18.1 Å². The molecule has 1 N–H and O–H groups in total. The van der Waals surface area contributed by atoms with Crippen LogP contribution < -0.4 is 24.4 Å². The van der Waals surface area contributed by atoms with Gasteiger partial charge in [0, 0.05) is 15.6 Å². The van der Waals surface area contributed by atoms with Gasteiger partial charge in [-0.25, -0.2) is 10.2 Å². The molecule has 0 fully saturated rings. The molecule has 180 valence electrons. The number of hydrogen-bond donors (Lipinski definition) is 1. The van der Waals surface area contributed by atoms with Crippen LogP contribution in [0.4, 0.5) is 0 Å². The molecule has 0 atom stereocenters. The fourth-order valence-electron chi connectivity index (χ4n) is 2.92. The number of esters is 1. The number of carbonyl (C=O) groups excluding carboxylic acids is 2. The van der Waals surface area contributed by atoms with Crippen molar-refractivity contribution in [2.45, 2.75) is 0 Å². The normalized spacial score (nSPS) is 10.5. The van der Waals surface area contributed by atoms with Gasteiger partial charge in [-0.05, 0) is 60.7 Å². The molecule has 0 aliphatic heterocycles. The molecule has 0 aliphatic rings. The van der Waals surface area contributed by atoms with E-state index in [0.29, 0.717) is 35.0 Å². The number of carbonyl (C=O) groups is 2. The first kappa shape index (κ1) is 25.5. The number of nitrogens with one attached hydrogen (secondary N) is 1. The van der Waals surface area contributed by atoms with Gasteiger partial charge < -0.3 is 18.9 Å². The first-order valence-corrected chi connectivity index (χ1v) is 11.2. The van der Waals surface area contributed by atoms with Gasteiger partial charge in [-0.2, -0.15) is 5.10 Å². The smallest absolute Gasteiger partial charge is 0.343 e. The van der Waals surface area contributed by atoms with E-state index >= 15 is 0 Å². The van der Waals surface area contributed by atoms with Crippen molar-refractivity contribution >= 4 is 34.0 Å². The standard InChI is InChI=1S/C26H23BrN2O6/c1-4-13-34-21-9-5-17(6-10-21)25(30)29-28-16-19-14-20(27)8-12-22(19)35-26(31)18-7-11-23(32-2)24(15-18)33-3/h4-12,14-16H,1,13H2,2-3H3,(H,29,30)/b28-16+. The minimum Gasteiger partial charge on any atom is -0.493 e. The third-order valence-corrected chi connectivity index (χ3v) is 5.14. The summed E-state index contributed by atoms with van der Waals surface area (Å²) in [5.41, 5.74) is 3.62. The SMILES string of the molecule is C=CCOc1ccc(C(=O)N/N=C/c2cc(Br)ccc2OC(=O)c2ccc(OC)c(OC)c2)cc1. The van der Waals surface area contributed by atoms with Crippen molar-refractivity contribution in [3.8, 4) is 23.0 Å². The number of ether oxygens (including phenoxy) is 4. The molecule has 8 nitrogen and oxygen atoms in total. The van der Waals surface area contributed by atoms with Gasteiger partial charge >= 0.3 is 5.97 Å².